The second kappa shape index (κ2) is 10.5. The molecule has 2 aromatic carbocycles. The van der Waals surface area contributed by atoms with E-state index in [0.29, 0.717) is 29.1 Å². The van der Waals surface area contributed by atoms with Crippen LogP contribution >= 0.6 is 0 Å². The van der Waals surface area contributed by atoms with E-state index >= 15 is 0 Å². The molecule has 1 atom stereocenters. The SMILES string of the molecule is COc1cc(CNC(=O)[C@@H](NC(=O)c2nn(Cc3ccc(C#N)cc3)c3ccccc23)C(C)(C)C)on1. The molecule has 2 heterocycles. The highest BCUT2D eigenvalue weighted by Crippen LogP contribution is 2.23. The first kappa shape index (κ1) is 25.4. The molecule has 0 aliphatic heterocycles. The maximum absolute atomic E-state index is 13.4. The molecule has 2 N–H and O–H groups in total. The van der Waals surface area contributed by atoms with Crippen molar-refractivity contribution in [1.29, 1.82) is 5.26 Å². The molecule has 0 unspecified atom stereocenters. The zero-order chi connectivity index (χ0) is 26.6. The molecule has 2 aromatic heterocycles. The average molecular weight is 501 g/mol. The molecule has 0 saturated carbocycles. The quantitative estimate of drug-likeness (QED) is 0.378. The average Bonchev–Trinajstić information content (AvgIpc) is 3.50. The molecule has 190 valence electrons. The molecular formula is C27H28N6O4. The predicted octanol–water partition coefficient (Wildman–Crippen LogP) is 3.41. The second-order valence-electron chi connectivity index (χ2n) is 9.66. The van der Waals surface area contributed by atoms with E-state index in [9.17, 15) is 9.59 Å². The van der Waals surface area contributed by atoms with E-state index in [1.807, 2.05) is 57.2 Å². The number of hydrogen-bond donors (Lipinski definition) is 2. The van der Waals surface area contributed by atoms with Crippen LogP contribution in [0.15, 0.2) is 59.1 Å². The van der Waals surface area contributed by atoms with Gasteiger partial charge in [-0.3, -0.25) is 14.3 Å². The van der Waals surface area contributed by atoms with Crippen molar-refractivity contribution < 1.29 is 18.8 Å². The number of nitriles is 1. The Balaban J connectivity index is 1.55. The Morgan fingerprint density at radius 3 is 2.54 bits per heavy atom. The number of carbonyl (C=O) groups is 2. The third-order valence-corrected chi connectivity index (χ3v) is 5.88. The number of methoxy groups -OCH3 is 1. The number of aromatic nitrogens is 3. The maximum Gasteiger partial charge on any atom is 0.273 e. The van der Waals surface area contributed by atoms with Gasteiger partial charge in [-0.15, -0.1) is 0 Å². The zero-order valence-corrected chi connectivity index (χ0v) is 21.1. The number of para-hydroxylation sites is 1. The summed E-state index contributed by atoms with van der Waals surface area (Å²) >= 11 is 0. The fourth-order valence-corrected chi connectivity index (χ4v) is 3.90. The van der Waals surface area contributed by atoms with Crippen LogP contribution in [0.4, 0.5) is 0 Å². The molecule has 0 saturated heterocycles. The van der Waals surface area contributed by atoms with Gasteiger partial charge in [0.05, 0.1) is 37.3 Å². The number of ether oxygens (including phenoxy) is 1. The van der Waals surface area contributed by atoms with E-state index in [0.717, 1.165) is 11.1 Å². The topological polar surface area (TPSA) is 135 Å². The first-order chi connectivity index (χ1) is 17.7. The first-order valence-electron chi connectivity index (χ1n) is 11.7. The second-order valence-corrected chi connectivity index (χ2v) is 9.66. The van der Waals surface area contributed by atoms with Gasteiger partial charge in [-0.25, -0.2) is 0 Å². The molecule has 2 amide bonds. The molecule has 37 heavy (non-hydrogen) atoms. The van der Waals surface area contributed by atoms with Crippen molar-refractivity contribution in [2.75, 3.05) is 7.11 Å². The fraction of sp³-hybridized carbons (Fsp3) is 0.296. The monoisotopic (exact) mass is 500 g/mol. The molecule has 4 aromatic rings. The zero-order valence-electron chi connectivity index (χ0n) is 21.1. The summed E-state index contributed by atoms with van der Waals surface area (Å²) in [6.07, 6.45) is 0. The summed E-state index contributed by atoms with van der Waals surface area (Å²) in [6.45, 7) is 6.13. The number of amides is 2. The third-order valence-electron chi connectivity index (χ3n) is 5.88. The minimum absolute atomic E-state index is 0.0970. The highest BCUT2D eigenvalue weighted by Gasteiger charge is 2.34. The van der Waals surface area contributed by atoms with E-state index in [4.69, 9.17) is 14.5 Å². The van der Waals surface area contributed by atoms with Crippen LogP contribution in [0.3, 0.4) is 0 Å². The van der Waals surface area contributed by atoms with Crippen LogP contribution in [-0.2, 0) is 17.9 Å². The van der Waals surface area contributed by atoms with E-state index in [1.54, 1.807) is 22.9 Å². The lowest BCUT2D eigenvalue weighted by atomic mass is 9.86. The Morgan fingerprint density at radius 2 is 1.89 bits per heavy atom. The van der Waals surface area contributed by atoms with Crippen LogP contribution in [0.5, 0.6) is 5.88 Å². The molecule has 0 aliphatic carbocycles. The molecule has 0 fully saturated rings. The fourth-order valence-electron chi connectivity index (χ4n) is 3.90. The van der Waals surface area contributed by atoms with Crippen LogP contribution in [0.25, 0.3) is 10.9 Å². The molecular weight excluding hydrogens is 472 g/mol. The van der Waals surface area contributed by atoms with Crippen molar-refractivity contribution >= 4 is 22.7 Å². The van der Waals surface area contributed by atoms with Gasteiger partial charge in [-0.2, -0.15) is 10.4 Å². The standard InChI is InChI=1S/C27H28N6O4/c1-27(2,3)24(26(35)29-15-19-13-22(36-4)32-37-19)30-25(34)23-20-7-5-6-8-21(20)33(31-23)16-18-11-9-17(14-28)10-12-18/h5-13,24H,15-16H2,1-4H3,(H,29,35)(H,30,34)/t24-/m1/s1. The van der Waals surface area contributed by atoms with Gasteiger partial charge < -0.3 is 19.9 Å². The van der Waals surface area contributed by atoms with Crippen molar-refractivity contribution in [3.8, 4) is 11.9 Å². The number of nitrogens with one attached hydrogen (secondary N) is 2. The number of hydrogen-bond acceptors (Lipinski definition) is 7. The molecule has 4 rings (SSSR count). The third kappa shape index (κ3) is 5.78. The molecule has 0 bridgehead atoms. The lowest BCUT2D eigenvalue weighted by molar-refractivity contribution is -0.125. The van der Waals surface area contributed by atoms with Crippen molar-refractivity contribution in [1.82, 2.24) is 25.6 Å². The van der Waals surface area contributed by atoms with Crippen molar-refractivity contribution in [3.63, 3.8) is 0 Å². The maximum atomic E-state index is 13.4. The smallest absolute Gasteiger partial charge is 0.273 e. The molecule has 10 nitrogen and oxygen atoms in total. The highest BCUT2D eigenvalue weighted by atomic mass is 16.5. The van der Waals surface area contributed by atoms with Gasteiger partial charge in [0.25, 0.3) is 11.8 Å². The summed E-state index contributed by atoms with van der Waals surface area (Å²) < 4.78 is 11.9. The Morgan fingerprint density at radius 1 is 1.16 bits per heavy atom. The molecule has 10 heteroatoms. The summed E-state index contributed by atoms with van der Waals surface area (Å²) in [5.41, 5.74) is 1.94. The van der Waals surface area contributed by atoms with Crippen LogP contribution in [-0.4, -0.2) is 39.9 Å². The van der Waals surface area contributed by atoms with Gasteiger partial charge in [-0.05, 0) is 34.3 Å². The van der Waals surface area contributed by atoms with Crippen molar-refractivity contribution in [2.24, 2.45) is 5.41 Å². The summed E-state index contributed by atoms with van der Waals surface area (Å²) in [5.74, 6) is -0.0751. The Kier molecular flexibility index (Phi) is 7.25. The van der Waals surface area contributed by atoms with E-state index in [1.165, 1.54) is 7.11 Å². The normalized spacial score (nSPS) is 12.1. The predicted molar refractivity (Wildman–Crippen MR) is 136 cm³/mol. The lowest BCUT2D eigenvalue weighted by Crippen LogP contribution is -2.53. The van der Waals surface area contributed by atoms with Crippen molar-refractivity contribution in [3.05, 3.63) is 77.2 Å². The summed E-state index contributed by atoms with van der Waals surface area (Å²) in [5, 5.41) is 23.7. The lowest BCUT2D eigenvalue weighted by Gasteiger charge is -2.30. The van der Waals surface area contributed by atoms with E-state index in [-0.39, 0.29) is 18.1 Å². The minimum Gasteiger partial charge on any atom is -0.479 e. The van der Waals surface area contributed by atoms with Crippen LogP contribution in [0.1, 0.15) is 48.1 Å². The van der Waals surface area contributed by atoms with E-state index < -0.39 is 17.4 Å². The van der Waals surface area contributed by atoms with Crippen LogP contribution in [0.2, 0.25) is 0 Å². The largest absolute Gasteiger partial charge is 0.479 e. The Labute approximate surface area is 214 Å². The first-order valence-corrected chi connectivity index (χ1v) is 11.7. The van der Waals surface area contributed by atoms with Gasteiger partial charge in [0.1, 0.15) is 6.04 Å². The Bertz CT molecular complexity index is 1460. The van der Waals surface area contributed by atoms with Crippen LogP contribution < -0.4 is 15.4 Å². The summed E-state index contributed by atoms with van der Waals surface area (Å²) in [6, 6.07) is 17.5. The van der Waals surface area contributed by atoms with Gasteiger partial charge in [-0.1, -0.05) is 51.1 Å². The van der Waals surface area contributed by atoms with Gasteiger partial charge in [0.15, 0.2) is 11.5 Å². The van der Waals surface area contributed by atoms with Gasteiger partial charge >= 0.3 is 0 Å². The number of rotatable bonds is 8. The molecule has 0 aliphatic rings. The van der Waals surface area contributed by atoms with Gasteiger partial charge in [0, 0.05) is 11.5 Å². The van der Waals surface area contributed by atoms with E-state index in [2.05, 4.69) is 27.0 Å². The Hall–Kier alpha value is -4.65. The summed E-state index contributed by atoms with van der Waals surface area (Å²) in [4.78, 5) is 26.5. The number of carbonyl (C=O) groups excluding carboxylic acids is 2. The molecule has 0 spiro atoms. The van der Waals surface area contributed by atoms with Gasteiger partial charge in [0.2, 0.25) is 5.91 Å². The molecule has 0 radical (unpaired) electrons. The van der Waals surface area contributed by atoms with Crippen molar-refractivity contribution in [2.45, 2.75) is 39.9 Å². The highest BCUT2D eigenvalue weighted by molar-refractivity contribution is 6.06. The summed E-state index contributed by atoms with van der Waals surface area (Å²) in [7, 11) is 1.47. The number of benzene rings is 2. The number of nitrogens with zero attached hydrogens (tertiary/aromatic N) is 4. The van der Waals surface area contributed by atoms with Crippen LogP contribution in [0, 0.1) is 16.7 Å². The number of fused-ring (bicyclic) bond motifs is 1. The minimum atomic E-state index is -0.841.